The van der Waals surface area contributed by atoms with Crippen LogP contribution >= 0.6 is 0 Å². The Labute approximate surface area is 107 Å². The van der Waals surface area contributed by atoms with Crippen LogP contribution in [0.2, 0.25) is 0 Å². The summed E-state index contributed by atoms with van der Waals surface area (Å²) < 4.78 is 0. The van der Waals surface area contributed by atoms with Gasteiger partial charge in [-0.25, -0.2) is 0 Å². The average Bonchev–Trinajstić information content (AvgIpc) is 2.86. The zero-order valence-electron chi connectivity index (χ0n) is 10.5. The zero-order valence-corrected chi connectivity index (χ0v) is 10.5. The SMILES string of the molecule is Nc1[nH]ncc1-c1cccc(C2CCCCC2)c1. The third-order valence-electron chi connectivity index (χ3n) is 3.94. The fourth-order valence-electron chi connectivity index (χ4n) is 2.92. The maximum atomic E-state index is 5.88. The molecule has 1 saturated carbocycles. The van der Waals surface area contributed by atoms with Gasteiger partial charge in [0.25, 0.3) is 0 Å². The zero-order chi connectivity index (χ0) is 12.4. The van der Waals surface area contributed by atoms with Crippen molar-refractivity contribution < 1.29 is 0 Å². The van der Waals surface area contributed by atoms with Crippen LogP contribution in [-0.4, -0.2) is 10.2 Å². The lowest BCUT2D eigenvalue weighted by Gasteiger charge is -2.22. The Morgan fingerprint density at radius 3 is 2.72 bits per heavy atom. The Balaban J connectivity index is 1.91. The van der Waals surface area contributed by atoms with Crippen LogP contribution in [0.1, 0.15) is 43.6 Å². The summed E-state index contributed by atoms with van der Waals surface area (Å²) in [5.74, 6) is 1.38. The molecule has 3 nitrogen and oxygen atoms in total. The molecule has 0 aliphatic heterocycles. The summed E-state index contributed by atoms with van der Waals surface area (Å²) in [6.45, 7) is 0. The number of benzene rings is 1. The van der Waals surface area contributed by atoms with Crippen molar-refractivity contribution in [3.63, 3.8) is 0 Å². The van der Waals surface area contributed by atoms with Crippen LogP contribution in [0.5, 0.6) is 0 Å². The van der Waals surface area contributed by atoms with Gasteiger partial charge in [-0.05, 0) is 29.9 Å². The van der Waals surface area contributed by atoms with Crippen LogP contribution in [0.15, 0.2) is 30.5 Å². The number of hydrogen-bond donors (Lipinski definition) is 2. The van der Waals surface area contributed by atoms with Crippen molar-refractivity contribution in [1.82, 2.24) is 10.2 Å². The normalized spacial score (nSPS) is 16.9. The van der Waals surface area contributed by atoms with Crippen LogP contribution in [0, 0.1) is 0 Å². The molecule has 1 aromatic heterocycles. The van der Waals surface area contributed by atoms with Crippen LogP contribution in [0.4, 0.5) is 5.82 Å². The van der Waals surface area contributed by atoms with E-state index in [1.54, 1.807) is 6.20 Å². The topological polar surface area (TPSA) is 54.7 Å². The summed E-state index contributed by atoms with van der Waals surface area (Å²) in [6, 6.07) is 8.76. The molecule has 0 atom stereocenters. The van der Waals surface area contributed by atoms with E-state index in [2.05, 4.69) is 34.5 Å². The standard InChI is InChI=1S/C15H19N3/c16-15-14(10-17-18-15)13-8-4-7-12(9-13)11-5-2-1-3-6-11/h4,7-11H,1-3,5-6H2,(H3,16,17,18). The molecule has 3 heteroatoms. The van der Waals surface area contributed by atoms with Gasteiger partial charge in [-0.2, -0.15) is 5.10 Å². The maximum absolute atomic E-state index is 5.88. The molecular formula is C15H19N3. The number of nitrogens with zero attached hydrogens (tertiary/aromatic N) is 1. The first-order valence-corrected chi connectivity index (χ1v) is 6.74. The smallest absolute Gasteiger partial charge is 0.126 e. The van der Waals surface area contributed by atoms with E-state index < -0.39 is 0 Å². The number of anilines is 1. The van der Waals surface area contributed by atoms with E-state index in [0.29, 0.717) is 5.82 Å². The van der Waals surface area contributed by atoms with Crippen LogP contribution in [0.25, 0.3) is 11.1 Å². The highest BCUT2D eigenvalue weighted by Gasteiger charge is 2.16. The Morgan fingerprint density at radius 2 is 2.00 bits per heavy atom. The number of nitrogen functional groups attached to an aromatic ring is 1. The van der Waals surface area contributed by atoms with E-state index >= 15 is 0 Å². The van der Waals surface area contributed by atoms with Gasteiger partial charge >= 0.3 is 0 Å². The third kappa shape index (κ3) is 2.13. The Bertz CT molecular complexity index is 524. The van der Waals surface area contributed by atoms with Crippen molar-refractivity contribution in [3.05, 3.63) is 36.0 Å². The Morgan fingerprint density at radius 1 is 1.17 bits per heavy atom. The molecule has 18 heavy (non-hydrogen) atoms. The summed E-state index contributed by atoms with van der Waals surface area (Å²) in [6.07, 6.45) is 8.57. The molecule has 1 aliphatic rings. The van der Waals surface area contributed by atoms with E-state index in [4.69, 9.17) is 5.73 Å². The molecule has 0 bridgehead atoms. The predicted molar refractivity (Wildman–Crippen MR) is 74.3 cm³/mol. The molecule has 1 aromatic carbocycles. The minimum atomic E-state index is 0.649. The minimum absolute atomic E-state index is 0.649. The summed E-state index contributed by atoms with van der Waals surface area (Å²) in [5.41, 5.74) is 9.51. The monoisotopic (exact) mass is 241 g/mol. The summed E-state index contributed by atoms with van der Waals surface area (Å²) in [5, 5.41) is 6.78. The molecule has 0 saturated heterocycles. The van der Waals surface area contributed by atoms with Crippen molar-refractivity contribution in [3.8, 4) is 11.1 Å². The fourth-order valence-corrected chi connectivity index (χ4v) is 2.92. The van der Waals surface area contributed by atoms with E-state index in [-0.39, 0.29) is 0 Å². The quantitative estimate of drug-likeness (QED) is 0.842. The Hall–Kier alpha value is -1.77. The fraction of sp³-hybridized carbons (Fsp3) is 0.400. The highest BCUT2D eigenvalue weighted by molar-refractivity contribution is 5.73. The molecule has 2 aromatic rings. The van der Waals surface area contributed by atoms with Crippen molar-refractivity contribution >= 4 is 5.82 Å². The third-order valence-corrected chi connectivity index (χ3v) is 3.94. The molecule has 1 aliphatic carbocycles. The van der Waals surface area contributed by atoms with E-state index in [0.717, 1.165) is 11.5 Å². The second kappa shape index (κ2) is 4.84. The molecule has 1 heterocycles. The molecule has 0 amide bonds. The summed E-state index contributed by atoms with van der Waals surface area (Å²) in [7, 11) is 0. The van der Waals surface area contributed by atoms with Gasteiger partial charge in [0, 0.05) is 5.56 Å². The van der Waals surface area contributed by atoms with Crippen LogP contribution in [-0.2, 0) is 0 Å². The first-order valence-electron chi connectivity index (χ1n) is 6.74. The Kier molecular flexibility index (Phi) is 3.05. The van der Waals surface area contributed by atoms with Gasteiger partial charge in [-0.15, -0.1) is 0 Å². The number of rotatable bonds is 2. The molecule has 0 radical (unpaired) electrons. The number of aromatic amines is 1. The van der Waals surface area contributed by atoms with Gasteiger partial charge in [0.05, 0.1) is 6.20 Å². The number of H-pyrrole nitrogens is 1. The molecule has 0 spiro atoms. The summed E-state index contributed by atoms with van der Waals surface area (Å²) >= 11 is 0. The van der Waals surface area contributed by atoms with E-state index in [9.17, 15) is 0 Å². The predicted octanol–water partition coefficient (Wildman–Crippen LogP) is 3.71. The highest BCUT2D eigenvalue weighted by atomic mass is 15.1. The first-order chi connectivity index (χ1) is 8.84. The molecule has 0 unspecified atom stereocenters. The van der Waals surface area contributed by atoms with Crippen LogP contribution < -0.4 is 5.73 Å². The van der Waals surface area contributed by atoms with Gasteiger partial charge < -0.3 is 5.73 Å². The number of aromatic nitrogens is 2. The number of nitrogens with two attached hydrogens (primary N) is 1. The van der Waals surface area contributed by atoms with Gasteiger partial charge in [-0.1, -0.05) is 43.5 Å². The second-order valence-electron chi connectivity index (χ2n) is 5.16. The van der Waals surface area contributed by atoms with Gasteiger partial charge in [0.15, 0.2) is 0 Å². The highest BCUT2D eigenvalue weighted by Crippen LogP contribution is 2.34. The van der Waals surface area contributed by atoms with Crippen LogP contribution in [0.3, 0.4) is 0 Å². The molecule has 3 N–H and O–H groups in total. The van der Waals surface area contributed by atoms with Crippen molar-refractivity contribution in [2.24, 2.45) is 0 Å². The minimum Gasteiger partial charge on any atom is -0.384 e. The van der Waals surface area contributed by atoms with Crippen molar-refractivity contribution in [2.45, 2.75) is 38.0 Å². The maximum Gasteiger partial charge on any atom is 0.126 e. The summed E-state index contributed by atoms with van der Waals surface area (Å²) in [4.78, 5) is 0. The average molecular weight is 241 g/mol. The van der Waals surface area contributed by atoms with Crippen molar-refractivity contribution in [1.29, 1.82) is 0 Å². The molecule has 94 valence electrons. The lowest BCUT2D eigenvalue weighted by Crippen LogP contribution is -2.04. The molecular weight excluding hydrogens is 222 g/mol. The van der Waals surface area contributed by atoms with Crippen molar-refractivity contribution in [2.75, 3.05) is 5.73 Å². The van der Waals surface area contributed by atoms with E-state index in [1.165, 1.54) is 43.2 Å². The first kappa shape index (κ1) is 11.3. The molecule has 1 fully saturated rings. The lowest BCUT2D eigenvalue weighted by atomic mass is 9.83. The lowest BCUT2D eigenvalue weighted by molar-refractivity contribution is 0.444. The van der Waals surface area contributed by atoms with Gasteiger partial charge in [0.1, 0.15) is 5.82 Å². The largest absolute Gasteiger partial charge is 0.384 e. The van der Waals surface area contributed by atoms with Gasteiger partial charge in [-0.3, -0.25) is 5.10 Å². The number of nitrogens with one attached hydrogen (secondary N) is 1. The number of hydrogen-bond acceptors (Lipinski definition) is 2. The van der Waals surface area contributed by atoms with Gasteiger partial charge in [0.2, 0.25) is 0 Å². The second-order valence-corrected chi connectivity index (χ2v) is 5.16. The molecule has 3 rings (SSSR count). The van der Waals surface area contributed by atoms with E-state index in [1.807, 2.05) is 0 Å².